The van der Waals surface area contributed by atoms with Crippen LogP contribution in [0.4, 0.5) is 11.4 Å². The van der Waals surface area contributed by atoms with Crippen LogP contribution in [0.15, 0.2) is 53.3 Å². The van der Waals surface area contributed by atoms with Crippen molar-refractivity contribution in [3.8, 4) is 0 Å². The van der Waals surface area contributed by atoms with E-state index in [0.29, 0.717) is 12.8 Å². The van der Waals surface area contributed by atoms with Gasteiger partial charge in [0.2, 0.25) is 5.91 Å². The van der Waals surface area contributed by atoms with E-state index in [-0.39, 0.29) is 16.8 Å². The Kier molecular flexibility index (Phi) is 4.85. The highest BCUT2D eigenvalue weighted by Crippen LogP contribution is 2.29. The van der Waals surface area contributed by atoms with Crippen LogP contribution >= 0.6 is 11.3 Å². The van der Waals surface area contributed by atoms with Crippen molar-refractivity contribution in [1.82, 2.24) is 4.98 Å². The lowest BCUT2D eigenvalue weighted by Gasteiger charge is -2.44. The van der Waals surface area contributed by atoms with Crippen LogP contribution in [0, 0.1) is 0 Å². The van der Waals surface area contributed by atoms with Gasteiger partial charge in [-0.25, -0.2) is 0 Å². The molecule has 0 bridgehead atoms. The Hall–Kier alpha value is -2.80. The topological polar surface area (TPSA) is 82.4 Å². The minimum atomic E-state index is -0.272. The number of benzene rings is 2. The van der Waals surface area contributed by atoms with Crippen molar-refractivity contribution in [2.45, 2.75) is 18.9 Å². The van der Waals surface area contributed by atoms with Crippen molar-refractivity contribution in [2.75, 3.05) is 29.4 Å². The predicted molar refractivity (Wildman–Crippen MR) is 111 cm³/mol. The first-order valence-electron chi connectivity index (χ1n) is 9.08. The second-order valence-corrected chi connectivity index (χ2v) is 7.84. The molecule has 2 aromatic carbocycles. The van der Waals surface area contributed by atoms with Crippen LogP contribution in [0.1, 0.15) is 12.8 Å². The number of nitrogens with one attached hydrogen (secondary N) is 1. The van der Waals surface area contributed by atoms with E-state index in [4.69, 9.17) is 5.73 Å². The van der Waals surface area contributed by atoms with Crippen LogP contribution in [0.25, 0.3) is 10.2 Å². The lowest BCUT2D eigenvalue weighted by atomic mass is 10.0. The third-order valence-electron chi connectivity index (χ3n) is 5.06. The molecule has 1 aromatic heterocycles. The van der Waals surface area contributed by atoms with Gasteiger partial charge in [0, 0.05) is 43.5 Å². The first-order valence-corrected chi connectivity index (χ1v) is 9.89. The number of nitrogens with zero attached hydrogens (tertiary/aromatic N) is 2. The monoisotopic (exact) mass is 382 g/mol. The molecule has 1 aliphatic heterocycles. The van der Waals surface area contributed by atoms with Gasteiger partial charge in [0.15, 0.2) is 0 Å². The molecule has 1 saturated heterocycles. The number of rotatable bonds is 5. The average molecular weight is 382 g/mol. The molecule has 0 radical (unpaired) electrons. The summed E-state index contributed by atoms with van der Waals surface area (Å²) in [6, 6.07) is 16.6. The number of carbonyl (C=O) groups excluding carboxylic acids is 1. The number of H-pyrrole nitrogens is 1. The van der Waals surface area contributed by atoms with Crippen molar-refractivity contribution in [3.05, 3.63) is 58.2 Å². The quantitative estimate of drug-likeness (QED) is 0.710. The Balaban J connectivity index is 1.61. The van der Waals surface area contributed by atoms with E-state index < -0.39 is 0 Å². The molecule has 0 aliphatic carbocycles. The molecule has 3 N–H and O–H groups in total. The van der Waals surface area contributed by atoms with Gasteiger partial charge in [-0.2, -0.15) is 0 Å². The van der Waals surface area contributed by atoms with Crippen LogP contribution in [-0.2, 0) is 4.79 Å². The van der Waals surface area contributed by atoms with E-state index in [0.717, 1.165) is 35.5 Å². The van der Waals surface area contributed by atoms with Gasteiger partial charge >= 0.3 is 4.87 Å². The number of primary amides is 1. The van der Waals surface area contributed by atoms with Crippen molar-refractivity contribution < 1.29 is 4.79 Å². The number of amides is 1. The zero-order valence-electron chi connectivity index (χ0n) is 14.9. The minimum absolute atomic E-state index is 0.0404. The molecule has 4 rings (SSSR count). The van der Waals surface area contributed by atoms with E-state index in [2.05, 4.69) is 33.0 Å². The highest BCUT2D eigenvalue weighted by molar-refractivity contribution is 7.16. The van der Waals surface area contributed by atoms with Gasteiger partial charge in [-0.15, -0.1) is 0 Å². The lowest BCUT2D eigenvalue weighted by Crippen LogP contribution is -2.53. The van der Waals surface area contributed by atoms with Crippen LogP contribution in [0.2, 0.25) is 0 Å². The minimum Gasteiger partial charge on any atom is -0.370 e. The summed E-state index contributed by atoms with van der Waals surface area (Å²) in [7, 11) is 0. The van der Waals surface area contributed by atoms with Gasteiger partial charge in [0.05, 0.1) is 10.2 Å². The highest BCUT2D eigenvalue weighted by Gasteiger charge is 2.28. The summed E-state index contributed by atoms with van der Waals surface area (Å²) in [6.45, 7) is 2.58. The second-order valence-electron chi connectivity index (χ2n) is 6.83. The number of carbonyl (C=O) groups is 1. The van der Waals surface area contributed by atoms with E-state index in [9.17, 15) is 9.59 Å². The number of hydrogen-bond acceptors (Lipinski definition) is 5. The van der Waals surface area contributed by atoms with Gasteiger partial charge in [-0.05, 0) is 36.8 Å². The Morgan fingerprint density at radius 3 is 2.74 bits per heavy atom. The number of thiazole rings is 1. The van der Waals surface area contributed by atoms with E-state index in [1.807, 2.05) is 30.3 Å². The third kappa shape index (κ3) is 3.83. The molecule has 3 aromatic rings. The molecular formula is C20H22N4O2S. The number of nitrogens with two attached hydrogens (primary N) is 1. The fourth-order valence-corrected chi connectivity index (χ4v) is 4.51. The van der Waals surface area contributed by atoms with Crippen molar-refractivity contribution in [3.63, 3.8) is 0 Å². The maximum atomic E-state index is 11.6. The smallest absolute Gasteiger partial charge is 0.305 e. The number of piperazine rings is 1. The molecule has 27 heavy (non-hydrogen) atoms. The van der Waals surface area contributed by atoms with Gasteiger partial charge in [-0.3, -0.25) is 9.59 Å². The molecule has 1 aliphatic rings. The zero-order valence-corrected chi connectivity index (χ0v) is 15.7. The number of anilines is 2. The highest BCUT2D eigenvalue weighted by atomic mass is 32.1. The summed E-state index contributed by atoms with van der Waals surface area (Å²) in [5, 5.41) is 0. The van der Waals surface area contributed by atoms with E-state index >= 15 is 0 Å². The Bertz CT molecular complexity index is 998. The second kappa shape index (κ2) is 7.44. The predicted octanol–water partition coefficient (Wildman–Crippen LogP) is 2.55. The molecule has 140 valence electrons. The van der Waals surface area contributed by atoms with Crippen LogP contribution in [0.5, 0.6) is 0 Å². The van der Waals surface area contributed by atoms with Gasteiger partial charge in [-0.1, -0.05) is 29.5 Å². The first-order chi connectivity index (χ1) is 13.1. The molecular weight excluding hydrogens is 360 g/mol. The Morgan fingerprint density at radius 2 is 1.96 bits per heavy atom. The molecule has 0 spiro atoms. The van der Waals surface area contributed by atoms with E-state index in [1.54, 1.807) is 0 Å². The van der Waals surface area contributed by atoms with Gasteiger partial charge in [0.1, 0.15) is 0 Å². The fraction of sp³-hybridized carbons (Fsp3) is 0.300. The SMILES string of the molecule is NC(=O)CCC1CN(c2ccccc2)CCN1c1ccc2[nH]c(=O)sc2c1. The van der Waals surface area contributed by atoms with E-state index in [1.165, 1.54) is 17.0 Å². The molecule has 6 nitrogen and oxygen atoms in total. The molecule has 0 saturated carbocycles. The molecule has 7 heteroatoms. The van der Waals surface area contributed by atoms with Crippen LogP contribution < -0.4 is 20.4 Å². The molecule has 2 heterocycles. The maximum Gasteiger partial charge on any atom is 0.305 e. The molecule has 1 amide bonds. The van der Waals surface area contributed by atoms with Crippen LogP contribution in [0.3, 0.4) is 0 Å². The molecule has 1 fully saturated rings. The van der Waals surface area contributed by atoms with Crippen LogP contribution in [-0.4, -0.2) is 36.6 Å². The van der Waals surface area contributed by atoms with Crippen molar-refractivity contribution in [1.29, 1.82) is 0 Å². The largest absolute Gasteiger partial charge is 0.370 e. The number of para-hydroxylation sites is 1. The summed E-state index contributed by atoms with van der Waals surface area (Å²) < 4.78 is 0.955. The summed E-state index contributed by atoms with van der Waals surface area (Å²) in [4.78, 5) is 30.5. The lowest BCUT2D eigenvalue weighted by molar-refractivity contribution is -0.118. The molecule has 1 atom stereocenters. The maximum absolute atomic E-state index is 11.6. The van der Waals surface area contributed by atoms with Crippen molar-refractivity contribution in [2.24, 2.45) is 5.73 Å². The number of hydrogen-bond donors (Lipinski definition) is 2. The Morgan fingerprint density at radius 1 is 1.15 bits per heavy atom. The Labute approximate surface area is 161 Å². The third-order valence-corrected chi connectivity index (χ3v) is 5.91. The fourth-order valence-electron chi connectivity index (χ4n) is 3.74. The molecule has 1 unspecified atom stereocenters. The van der Waals surface area contributed by atoms with Crippen molar-refractivity contribution >= 4 is 38.8 Å². The number of aromatic nitrogens is 1. The summed E-state index contributed by atoms with van der Waals surface area (Å²) >= 11 is 1.22. The summed E-state index contributed by atoms with van der Waals surface area (Å²) in [5.41, 5.74) is 8.55. The summed E-state index contributed by atoms with van der Waals surface area (Å²) in [5.74, 6) is -0.272. The summed E-state index contributed by atoms with van der Waals surface area (Å²) in [6.07, 6.45) is 1.07. The normalized spacial score (nSPS) is 17.4. The first kappa shape index (κ1) is 17.6. The van der Waals surface area contributed by atoms with Gasteiger partial charge in [0.25, 0.3) is 0 Å². The van der Waals surface area contributed by atoms with Gasteiger partial charge < -0.3 is 20.5 Å². The standard InChI is InChI=1S/C20H22N4O2S/c21-19(25)9-7-16-13-23(14-4-2-1-3-5-14)10-11-24(16)15-6-8-17-18(12-15)27-20(26)22-17/h1-6,8,12,16H,7,9-11,13H2,(H2,21,25)(H,22,26). The average Bonchev–Trinajstić information content (AvgIpc) is 3.06. The number of aromatic amines is 1. The number of fused-ring (bicyclic) bond motifs is 1. The zero-order chi connectivity index (χ0) is 18.8.